The molecule has 1 aromatic heterocycles. The van der Waals surface area contributed by atoms with Gasteiger partial charge in [0.1, 0.15) is 5.76 Å². The Morgan fingerprint density at radius 1 is 1.38 bits per heavy atom. The lowest BCUT2D eigenvalue weighted by molar-refractivity contribution is 0.171. The Hall–Kier alpha value is -0.410. The molecular weight excluding hydrogens is 218 g/mol. The third kappa shape index (κ3) is 3.56. The first-order valence-corrected chi connectivity index (χ1v) is 6.61. The van der Waals surface area contributed by atoms with Crippen molar-refractivity contribution in [3.63, 3.8) is 0 Å². The SMILES string of the molecule is CCC(CC)(CS)CN(C)Cc1ccco1. The molecule has 1 aromatic rings. The second-order valence-electron chi connectivity index (χ2n) is 4.62. The normalized spacial score (nSPS) is 12.3. The van der Waals surface area contributed by atoms with E-state index in [0.29, 0.717) is 5.41 Å². The van der Waals surface area contributed by atoms with Crippen LogP contribution in [0.3, 0.4) is 0 Å². The van der Waals surface area contributed by atoms with Crippen molar-refractivity contribution >= 4 is 12.6 Å². The van der Waals surface area contributed by atoms with Gasteiger partial charge in [-0.3, -0.25) is 4.90 Å². The second kappa shape index (κ2) is 6.36. The maximum atomic E-state index is 5.36. The molecule has 1 heterocycles. The molecule has 0 aliphatic heterocycles. The van der Waals surface area contributed by atoms with Crippen molar-refractivity contribution in [3.05, 3.63) is 24.2 Å². The van der Waals surface area contributed by atoms with E-state index in [2.05, 4.69) is 38.4 Å². The van der Waals surface area contributed by atoms with E-state index in [-0.39, 0.29) is 0 Å². The van der Waals surface area contributed by atoms with Crippen molar-refractivity contribution in [3.8, 4) is 0 Å². The highest BCUT2D eigenvalue weighted by Crippen LogP contribution is 2.29. The van der Waals surface area contributed by atoms with Crippen molar-refractivity contribution in [2.45, 2.75) is 33.2 Å². The average molecular weight is 241 g/mol. The van der Waals surface area contributed by atoms with Crippen LogP contribution in [0.2, 0.25) is 0 Å². The Morgan fingerprint density at radius 3 is 2.50 bits per heavy atom. The zero-order valence-electron chi connectivity index (χ0n) is 10.6. The Balaban J connectivity index is 2.51. The molecule has 1 rings (SSSR count). The standard InChI is InChI=1S/C13H23NOS/c1-4-13(5-2,11-16)10-14(3)9-12-7-6-8-15-12/h6-8,16H,4-5,9-11H2,1-3H3. The number of rotatable bonds is 7. The van der Waals surface area contributed by atoms with E-state index in [4.69, 9.17) is 4.42 Å². The third-order valence-electron chi connectivity index (χ3n) is 3.45. The maximum Gasteiger partial charge on any atom is 0.117 e. The summed E-state index contributed by atoms with van der Waals surface area (Å²) in [7, 11) is 2.14. The van der Waals surface area contributed by atoms with Gasteiger partial charge >= 0.3 is 0 Å². The molecule has 0 spiro atoms. The van der Waals surface area contributed by atoms with Gasteiger partial charge in [-0.1, -0.05) is 13.8 Å². The largest absolute Gasteiger partial charge is 0.468 e. The van der Waals surface area contributed by atoms with E-state index in [9.17, 15) is 0 Å². The van der Waals surface area contributed by atoms with Crippen LogP contribution in [0.25, 0.3) is 0 Å². The van der Waals surface area contributed by atoms with Crippen LogP contribution in [0.15, 0.2) is 22.8 Å². The third-order valence-corrected chi connectivity index (χ3v) is 4.12. The highest BCUT2D eigenvalue weighted by molar-refractivity contribution is 7.80. The summed E-state index contributed by atoms with van der Waals surface area (Å²) < 4.78 is 5.36. The first-order chi connectivity index (χ1) is 7.65. The molecule has 0 bridgehead atoms. The number of furan rings is 1. The molecule has 0 aromatic carbocycles. The zero-order valence-corrected chi connectivity index (χ0v) is 11.5. The van der Waals surface area contributed by atoms with Crippen LogP contribution < -0.4 is 0 Å². The fraction of sp³-hybridized carbons (Fsp3) is 0.692. The van der Waals surface area contributed by atoms with E-state index in [1.54, 1.807) is 6.26 Å². The van der Waals surface area contributed by atoms with E-state index in [0.717, 1.165) is 24.6 Å². The second-order valence-corrected chi connectivity index (χ2v) is 4.93. The number of thiol groups is 1. The monoisotopic (exact) mass is 241 g/mol. The topological polar surface area (TPSA) is 16.4 Å². The molecule has 16 heavy (non-hydrogen) atoms. The molecule has 0 atom stereocenters. The zero-order chi connectivity index (χ0) is 12.0. The van der Waals surface area contributed by atoms with Gasteiger partial charge < -0.3 is 4.42 Å². The Kier molecular flexibility index (Phi) is 5.42. The van der Waals surface area contributed by atoms with Crippen LogP contribution in [0, 0.1) is 5.41 Å². The number of hydrogen-bond donors (Lipinski definition) is 1. The van der Waals surface area contributed by atoms with Gasteiger partial charge in [-0.05, 0) is 43.2 Å². The highest BCUT2D eigenvalue weighted by Gasteiger charge is 2.26. The van der Waals surface area contributed by atoms with Gasteiger partial charge in [-0.2, -0.15) is 12.6 Å². The fourth-order valence-electron chi connectivity index (χ4n) is 2.04. The first-order valence-electron chi connectivity index (χ1n) is 5.97. The van der Waals surface area contributed by atoms with E-state index < -0.39 is 0 Å². The van der Waals surface area contributed by atoms with Crippen LogP contribution in [-0.4, -0.2) is 24.2 Å². The molecule has 0 aliphatic carbocycles. The predicted molar refractivity (Wildman–Crippen MR) is 71.9 cm³/mol. The van der Waals surface area contributed by atoms with Gasteiger partial charge in [0.2, 0.25) is 0 Å². The smallest absolute Gasteiger partial charge is 0.117 e. The summed E-state index contributed by atoms with van der Waals surface area (Å²) in [5.74, 6) is 1.98. The lowest BCUT2D eigenvalue weighted by Crippen LogP contribution is -2.36. The Bertz CT molecular complexity index is 272. The molecule has 2 nitrogen and oxygen atoms in total. The molecule has 0 N–H and O–H groups in total. The molecule has 0 saturated carbocycles. The molecule has 0 fully saturated rings. The van der Waals surface area contributed by atoms with Gasteiger partial charge in [0.05, 0.1) is 12.8 Å². The minimum Gasteiger partial charge on any atom is -0.468 e. The van der Waals surface area contributed by atoms with Crippen molar-refractivity contribution in [2.24, 2.45) is 5.41 Å². The van der Waals surface area contributed by atoms with E-state index in [1.807, 2.05) is 12.1 Å². The van der Waals surface area contributed by atoms with Gasteiger partial charge in [0, 0.05) is 6.54 Å². The molecule has 0 aliphatic rings. The quantitative estimate of drug-likeness (QED) is 0.736. The highest BCUT2D eigenvalue weighted by atomic mass is 32.1. The average Bonchev–Trinajstić information content (AvgIpc) is 2.79. The van der Waals surface area contributed by atoms with Gasteiger partial charge in [0.25, 0.3) is 0 Å². The minimum atomic E-state index is 0.338. The van der Waals surface area contributed by atoms with Crippen LogP contribution in [0.1, 0.15) is 32.4 Å². The summed E-state index contributed by atoms with van der Waals surface area (Å²) in [5, 5.41) is 0. The molecule has 0 unspecified atom stereocenters. The molecule has 3 heteroatoms. The Labute approximate surface area is 104 Å². The van der Waals surface area contributed by atoms with Gasteiger partial charge in [0.15, 0.2) is 0 Å². The van der Waals surface area contributed by atoms with Crippen molar-refractivity contribution in [1.82, 2.24) is 4.90 Å². The van der Waals surface area contributed by atoms with Gasteiger partial charge in [-0.15, -0.1) is 0 Å². The summed E-state index contributed by atoms with van der Waals surface area (Å²) >= 11 is 4.50. The maximum absolute atomic E-state index is 5.36. The van der Waals surface area contributed by atoms with E-state index in [1.165, 1.54) is 12.8 Å². The summed E-state index contributed by atoms with van der Waals surface area (Å²) in [6.45, 7) is 6.45. The van der Waals surface area contributed by atoms with Crippen LogP contribution in [0.4, 0.5) is 0 Å². The fourth-order valence-corrected chi connectivity index (χ4v) is 2.59. The van der Waals surface area contributed by atoms with Crippen molar-refractivity contribution in [1.29, 1.82) is 0 Å². The Morgan fingerprint density at radius 2 is 2.06 bits per heavy atom. The molecule has 0 saturated heterocycles. The summed E-state index contributed by atoms with van der Waals surface area (Å²) in [6.07, 6.45) is 4.08. The van der Waals surface area contributed by atoms with Crippen LogP contribution in [-0.2, 0) is 6.54 Å². The first kappa shape index (κ1) is 13.7. The molecule has 0 radical (unpaired) electrons. The van der Waals surface area contributed by atoms with Crippen LogP contribution >= 0.6 is 12.6 Å². The van der Waals surface area contributed by atoms with E-state index >= 15 is 0 Å². The predicted octanol–water partition coefficient (Wildman–Crippen LogP) is 3.45. The van der Waals surface area contributed by atoms with Crippen molar-refractivity contribution < 1.29 is 4.42 Å². The molecule has 0 amide bonds. The summed E-state index contributed by atoms with van der Waals surface area (Å²) in [5.41, 5.74) is 0.338. The summed E-state index contributed by atoms with van der Waals surface area (Å²) in [6, 6.07) is 3.96. The van der Waals surface area contributed by atoms with Crippen LogP contribution in [0.5, 0.6) is 0 Å². The summed E-state index contributed by atoms with van der Waals surface area (Å²) in [4.78, 5) is 2.32. The van der Waals surface area contributed by atoms with Crippen molar-refractivity contribution in [2.75, 3.05) is 19.3 Å². The minimum absolute atomic E-state index is 0.338. The molecular formula is C13H23NOS. The lowest BCUT2D eigenvalue weighted by atomic mass is 9.84. The number of nitrogens with zero attached hydrogens (tertiary/aromatic N) is 1. The lowest BCUT2D eigenvalue weighted by Gasteiger charge is -2.34. The van der Waals surface area contributed by atoms with Gasteiger partial charge in [-0.25, -0.2) is 0 Å². The molecule has 92 valence electrons. The number of hydrogen-bond acceptors (Lipinski definition) is 3.